The zero-order valence-corrected chi connectivity index (χ0v) is 14.5. The lowest BCUT2D eigenvalue weighted by Gasteiger charge is -2.39. The van der Waals surface area contributed by atoms with E-state index in [4.69, 9.17) is 0 Å². The fourth-order valence-electron chi connectivity index (χ4n) is 3.37. The van der Waals surface area contributed by atoms with Gasteiger partial charge in [0.1, 0.15) is 0 Å². The average molecular weight is 317 g/mol. The second-order valence-corrected chi connectivity index (χ2v) is 8.77. The van der Waals surface area contributed by atoms with Crippen LogP contribution in [0.25, 0.3) is 0 Å². The number of rotatable bonds is 5. The van der Waals surface area contributed by atoms with Crippen LogP contribution >= 0.6 is 0 Å². The zero-order chi connectivity index (χ0) is 15.5. The minimum atomic E-state index is -3.27. The smallest absolute Gasteiger partial charge is 0.282 e. The molecule has 1 N–H and O–H groups in total. The summed E-state index contributed by atoms with van der Waals surface area (Å²) in [5, 5.41) is 3.44. The van der Waals surface area contributed by atoms with Crippen molar-refractivity contribution in [3.8, 4) is 0 Å². The first-order chi connectivity index (χ1) is 9.91. The fraction of sp³-hybridized carbons (Fsp3) is 1.00. The summed E-state index contributed by atoms with van der Waals surface area (Å²) in [5.41, 5.74) is 0. The number of piperidine rings is 2. The summed E-state index contributed by atoms with van der Waals surface area (Å²) >= 11 is 0. The van der Waals surface area contributed by atoms with Gasteiger partial charge in [0.25, 0.3) is 10.2 Å². The molecule has 0 saturated carbocycles. The highest BCUT2D eigenvalue weighted by Crippen LogP contribution is 2.26. The fourth-order valence-corrected chi connectivity index (χ4v) is 5.34. The lowest BCUT2D eigenvalue weighted by atomic mass is 9.99. The summed E-state index contributed by atoms with van der Waals surface area (Å²) in [6, 6.07) is 0.608. The molecule has 2 aliphatic rings. The van der Waals surface area contributed by atoms with E-state index in [2.05, 4.69) is 19.2 Å². The molecule has 5 nitrogen and oxygen atoms in total. The Hall–Kier alpha value is -0.170. The van der Waals surface area contributed by atoms with Crippen LogP contribution < -0.4 is 5.32 Å². The van der Waals surface area contributed by atoms with Gasteiger partial charge in [0.2, 0.25) is 0 Å². The first kappa shape index (κ1) is 17.2. The molecule has 21 heavy (non-hydrogen) atoms. The molecule has 0 amide bonds. The third-order valence-electron chi connectivity index (χ3n) is 4.66. The van der Waals surface area contributed by atoms with Crippen molar-refractivity contribution in [2.24, 2.45) is 5.92 Å². The van der Waals surface area contributed by atoms with Gasteiger partial charge in [0, 0.05) is 31.7 Å². The minimum Gasteiger partial charge on any atom is -0.314 e. The van der Waals surface area contributed by atoms with Crippen LogP contribution in [-0.2, 0) is 10.2 Å². The highest BCUT2D eigenvalue weighted by atomic mass is 32.2. The van der Waals surface area contributed by atoms with E-state index in [1.165, 1.54) is 0 Å². The Morgan fingerprint density at radius 2 is 1.90 bits per heavy atom. The van der Waals surface area contributed by atoms with Crippen LogP contribution in [0.3, 0.4) is 0 Å². The third-order valence-corrected chi connectivity index (χ3v) is 6.78. The second kappa shape index (κ2) is 7.40. The SMILES string of the molecule is CC(C)NCC1CCCN(S(=O)(=O)N2CCCCC2C)C1. The van der Waals surface area contributed by atoms with Crippen molar-refractivity contribution in [3.05, 3.63) is 0 Å². The largest absolute Gasteiger partial charge is 0.314 e. The maximum absolute atomic E-state index is 12.9. The van der Waals surface area contributed by atoms with E-state index in [9.17, 15) is 8.42 Å². The van der Waals surface area contributed by atoms with Crippen LogP contribution in [-0.4, -0.2) is 55.3 Å². The lowest BCUT2D eigenvalue weighted by Crippen LogP contribution is -2.53. The maximum atomic E-state index is 12.9. The Bertz CT molecular complexity index is 425. The molecule has 0 aromatic carbocycles. The molecule has 2 heterocycles. The summed E-state index contributed by atoms with van der Waals surface area (Å²) in [4.78, 5) is 0. The molecule has 2 aliphatic heterocycles. The van der Waals surface area contributed by atoms with Crippen molar-refractivity contribution in [3.63, 3.8) is 0 Å². The summed E-state index contributed by atoms with van der Waals surface area (Å²) in [6.07, 6.45) is 5.24. The van der Waals surface area contributed by atoms with Gasteiger partial charge in [-0.1, -0.05) is 20.3 Å². The average Bonchev–Trinajstić information content (AvgIpc) is 2.45. The van der Waals surface area contributed by atoms with E-state index in [1.807, 2.05) is 6.92 Å². The summed E-state index contributed by atoms with van der Waals surface area (Å²) in [5.74, 6) is 0.441. The van der Waals surface area contributed by atoms with E-state index in [0.717, 1.165) is 38.6 Å². The predicted molar refractivity (Wildman–Crippen MR) is 86.4 cm³/mol. The molecule has 2 rings (SSSR count). The van der Waals surface area contributed by atoms with Crippen LogP contribution in [0.5, 0.6) is 0 Å². The standard InChI is InChI=1S/C15H31N3O2S/c1-13(2)16-11-15-8-6-9-17(12-15)21(19,20)18-10-5-4-7-14(18)3/h13-16H,4-12H2,1-3H3. The topological polar surface area (TPSA) is 52.7 Å². The monoisotopic (exact) mass is 317 g/mol. The van der Waals surface area contributed by atoms with Crippen LogP contribution in [0.1, 0.15) is 52.9 Å². The van der Waals surface area contributed by atoms with Crippen molar-refractivity contribution in [2.45, 2.75) is 65.0 Å². The minimum absolute atomic E-state index is 0.151. The van der Waals surface area contributed by atoms with Crippen LogP contribution in [0.4, 0.5) is 0 Å². The van der Waals surface area contributed by atoms with Crippen molar-refractivity contribution in [1.82, 2.24) is 13.9 Å². The quantitative estimate of drug-likeness (QED) is 0.841. The highest BCUT2D eigenvalue weighted by molar-refractivity contribution is 7.86. The molecule has 0 bridgehead atoms. The molecule has 0 aromatic heterocycles. The van der Waals surface area contributed by atoms with Crippen molar-refractivity contribution in [1.29, 1.82) is 0 Å². The van der Waals surface area contributed by atoms with Crippen LogP contribution in [0, 0.1) is 5.92 Å². The molecule has 2 fully saturated rings. The number of nitrogens with zero attached hydrogens (tertiary/aromatic N) is 2. The Morgan fingerprint density at radius 3 is 2.57 bits per heavy atom. The molecular formula is C15H31N3O2S. The molecule has 0 aliphatic carbocycles. The van der Waals surface area contributed by atoms with Gasteiger partial charge in [-0.2, -0.15) is 17.0 Å². The first-order valence-electron chi connectivity index (χ1n) is 8.41. The van der Waals surface area contributed by atoms with Gasteiger partial charge in [-0.25, -0.2) is 0 Å². The van der Waals surface area contributed by atoms with E-state index in [-0.39, 0.29) is 6.04 Å². The molecule has 2 unspecified atom stereocenters. The lowest BCUT2D eigenvalue weighted by molar-refractivity contribution is 0.210. The number of hydrogen-bond donors (Lipinski definition) is 1. The van der Waals surface area contributed by atoms with Gasteiger partial charge >= 0.3 is 0 Å². The van der Waals surface area contributed by atoms with Gasteiger partial charge in [-0.05, 0) is 45.1 Å². The highest BCUT2D eigenvalue weighted by Gasteiger charge is 2.36. The van der Waals surface area contributed by atoms with E-state index in [0.29, 0.717) is 31.6 Å². The molecule has 124 valence electrons. The van der Waals surface area contributed by atoms with Crippen molar-refractivity contribution < 1.29 is 8.42 Å². The number of hydrogen-bond acceptors (Lipinski definition) is 3. The van der Waals surface area contributed by atoms with Gasteiger partial charge in [0.15, 0.2) is 0 Å². The molecule has 2 atom stereocenters. The van der Waals surface area contributed by atoms with E-state index < -0.39 is 10.2 Å². The van der Waals surface area contributed by atoms with Crippen molar-refractivity contribution in [2.75, 3.05) is 26.2 Å². The zero-order valence-electron chi connectivity index (χ0n) is 13.7. The molecule has 0 radical (unpaired) electrons. The third kappa shape index (κ3) is 4.41. The normalized spacial score (nSPS) is 29.9. The van der Waals surface area contributed by atoms with Crippen molar-refractivity contribution >= 4 is 10.2 Å². The van der Waals surface area contributed by atoms with Gasteiger partial charge in [-0.15, -0.1) is 0 Å². The second-order valence-electron chi connectivity index (χ2n) is 6.89. The molecule has 0 aromatic rings. The Labute approximate surface area is 130 Å². The Balaban J connectivity index is 1.98. The predicted octanol–water partition coefficient (Wildman–Crippen LogP) is 1.82. The summed E-state index contributed by atoms with van der Waals surface area (Å²) in [7, 11) is -3.27. The number of nitrogens with one attached hydrogen (secondary N) is 1. The molecule has 2 saturated heterocycles. The maximum Gasteiger partial charge on any atom is 0.282 e. The van der Waals surface area contributed by atoms with Crippen LogP contribution in [0.15, 0.2) is 0 Å². The molecular weight excluding hydrogens is 286 g/mol. The Morgan fingerprint density at radius 1 is 1.14 bits per heavy atom. The van der Waals surface area contributed by atoms with E-state index >= 15 is 0 Å². The van der Waals surface area contributed by atoms with E-state index in [1.54, 1.807) is 8.61 Å². The Kier molecular flexibility index (Phi) is 6.05. The van der Waals surface area contributed by atoms with Gasteiger partial charge in [0.05, 0.1) is 0 Å². The van der Waals surface area contributed by atoms with Gasteiger partial charge in [-0.3, -0.25) is 0 Å². The van der Waals surface area contributed by atoms with Gasteiger partial charge < -0.3 is 5.32 Å². The summed E-state index contributed by atoms with van der Waals surface area (Å²) in [6.45, 7) is 9.26. The first-order valence-corrected chi connectivity index (χ1v) is 9.81. The molecule has 6 heteroatoms. The van der Waals surface area contributed by atoms with Crippen LogP contribution in [0.2, 0.25) is 0 Å². The summed E-state index contributed by atoms with van der Waals surface area (Å²) < 4.78 is 29.2. The molecule has 0 spiro atoms.